The van der Waals surface area contributed by atoms with Crippen molar-refractivity contribution in [2.45, 2.75) is 11.8 Å². The first-order chi connectivity index (χ1) is 16.3. The molecule has 1 amide bonds. The predicted molar refractivity (Wildman–Crippen MR) is 131 cm³/mol. The molecule has 5 aromatic rings. The van der Waals surface area contributed by atoms with Crippen LogP contribution in [0.2, 0.25) is 0 Å². The molecule has 10 heteroatoms. The molecule has 0 saturated carbocycles. The van der Waals surface area contributed by atoms with E-state index in [-0.39, 0.29) is 22.1 Å². The second kappa shape index (κ2) is 8.40. The number of hydrogen-bond donors (Lipinski definition) is 1. The Labute approximate surface area is 197 Å². The fraction of sp³-hybridized carbons (Fsp3) is 0.0417. The SMILES string of the molecule is CC(=O)Nc1ccc(S(=O)(=O)Oc2cccc(C=c3sc4nc5ccccc5n4c3=O)c2)cc1. The van der Waals surface area contributed by atoms with Crippen LogP contribution in [0, 0.1) is 0 Å². The quantitative estimate of drug-likeness (QED) is 0.379. The third kappa shape index (κ3) is 4.16. The van der Waals surface area contributed by atoms with Crippen LogP contribution >= 0.6 is 11.3 Å². The number of thiazole rings is 1. The van der Waals surface area contributed by atoms with Gasteiger partial charge in [-0.2, -0.15) is 8.42 Å². The lowest BCUT2D eigenvalue weighted by atomic mass is 10.2. The molecule has 34 heavy (non-hydrogen) atoms. The van der Waals surface area contributed by atoms with E-state index < -0.39 is 10.1 Å². The van der Waals surface area contributed by atoms with Crippen molar-refractivity contribution in [1.29, 1.82) is 0 Å². The number of anilines is 1. The van der Waals surface area contributed by atoms with Crippen LogP contribution in [0.1, 0.15) is 12.5 Å². The van der Waals surface area contributed by atoms with Crippen LogP contribution in [-0.2, 0) is 14.9 Å². The molecule has 0 aliphatic carbocycles. The second-order valence-corrected chi connectivity index (χ2v) is 10.0. The fourth-order valence-corrected chi connectivity index (χ4v) is 5.41. The fourth-order valence-electron chi connectivity index (χ4n) is 3.50. The Morgan fingerprint density at radius 3 is 2.59 bits per heavy atom. The van der Waals surface area contributed by atoms with Gasteiger partial charge in [0.1, 0.15) is 10.6 Å². The van der Waals surface area contributed by atoms with E-state index in [0.29, 0.717) is 20.7 Å². The van der Waals surface area contributed by atoms with Gasteiger partial charge < -0.3 is 9.50 Å². The summed E-state index contributed by atoms with van der Waals surface area (Å²) in [5.74, 6) is -0.146. The monoisotopic (exact) mass is 491 g/mol. The Morgan fingerprint density at radius 1 is 1.06 bits per heavy atom. The first-order valence-electron chi connectivity index (χ1n) is 10.1. The van der Waals surface area contributed by atoms with Gasteiger partial charge in [0.15, 0.2) is 4.96 Å². The number of nitrogens with zero attached hydrogens (tertiary/aromatic N) is 2. The summed E-state index contributed by atoms with van der Waals surface area (Å²) in [6.45, 7) is 1.36. The minimum absolute atomic E-state index is 0.0517. The third-order valence-electron chi connectivity index (χ3n) is 4.97. The van der Waals surface area contributed by atoms with Crippen molar-refractivity contribution in [2.75, 3.05) is 5.32 Å². The molecule has 2 aromatic heterocycles. The van der Waals surface area contributed by atoms with Gasteiger partial charge in [-0.25, -0.2) is 9.38 Å². The van der Waals surface area contributed by atoms with E-state index in [9.17, 15) is 18.0 Å². The summed E-state index contributed by atoms with van der Waals surface area (Å²) in [7, 11) is -4.09. The Morgan fingerprint density at radius 2 is 1.82 bits per heavy atom. The van der Waals surface area contributed by atoms with Crippen LogP contribution < -0.4 is 19.6 Å². The van der Waals surface area contributed by atoms with Crippen LogP contribution in [-0.4, -0.2) is 23.7 Å². The topological polar surface area (TPSA) is 107 Å². The summed E-state index contributed by atoms with van der Waals surface area (Å²) in [5, 5.41) is 2.58. The third-order valence-corrected chi connectivity index (χ3v) is 7.20. The molecule has 170 valence electrons. The van der Waals surface area contributed by atoms with Crippen molar-refractivity contribution < 1.29 is 17.4 Å². The molecule has 0 radical (unpaired) electrons. The van der Waals surface area contributed by atoms with Gasteiger partial charge in [-0.05, 0) is 60.2 Å². The number of carbonyl (C=O) groups is 1. The first kappa shape index (κ1) is 21.8. The van der Waals surface area contributed by atoms with Gasteiger partial charge in [-0.3, -0.25) is 9.59 Å². The van der Waals surface area contributed by atoms with Gasteiger partial charge >= 0.3 is 10.1 Å². The van der Waals surface area contributed by atoms with Crippen LogP contribution in [0.25, 0.3) is 22.1 Å². The molecule has 8 nitrogen and oxygen atoms in total. The number of fused-ring (bicyclic) bond motifs is 3. The Balaban J connectivity index is 1.45. The Bertz CT molecular complexity index is 1770. The minimum atomic E-state index is -4.09. The molecule has 1 N–H and O–H groups in total. The zero-order chi connectivity index (χ0) is 23.9. The summed E-state index contributed by atoms with van der Waals surface area (Å²) < 4.78 is 32.7. The number of aromatic nitrogens is 2. The number of benzene rings is 3. The van der Waals surface area contributed by atoms with E-state index in [1.165, 1.54) is 48.6 Å². The van der Waals surface area contributed by atoms with Crippen LogP contribution in [0.5, 0.6) is 5.75 Å². The van der Waals surface area contributed by atoms with Crippen LogP contribution in [0.15, 0.2) is 82.5 Å². The molecule has 0 bridgehead atoms. The lowest BCUT2D eigenvalue weighted by Crippen LogP contribution is -2.22. The predicted octanol–water partition coefficient (Wildman–Crippen LogP) is 3.18. The van der Waals surface area contributed by atoms with Gasteiger partial charge in [-0.1, -0.05) is 35.6 Å². The summed E-state index contributed by atoms with van der Waals surface area (Å²) >= 11 is 1.26. The standard InChI is InChI=1S/C24H17N3O5S2/c1-15(28)25-17-9-11-19(12-10-17)34(30,31)32-18-6-4-5-16(13-18)14-22-23(29)27-21-8-3-2-7-20(21)26-24(27)33-22/h2-14H,1H3,(H,25,28). The van der Waals surface area contributed by atoms with Crippen molar-refractivity contribution in [3.8, 4) is 5.75 Å². The summed E-state index contributed by atoms with van der Waals surface area (Å²) in [6.07, 6.45) is 1.68. The number of hydrogen-bond acceptors (Lipinski definition) is 7. The molecule has 2 heterocycles. The zero-order valence-corrected chi connectivity index (χ0v) is 19.4. The van der Waals surface area contributed by atoms with E-state index in [1.54, 1.807) is 28.7 Å². The maximum Gasteiger partial charge on any atom is 0.339 e. The number of carbonyl (C=O) groups excluding carboxylic acids is 1. The van der Waals surface area contributed by atoms with E-state index in [0.717, 1.165) is 11.0 Å². The second-order valence-electron chi connectivity index (χ2n) is 7.45. The summed E-state index contributed by atoms with van der Waals surface area (Å²) in [4.78, 5) is 29.1. The molecule has 0 atom stereocenters. The van der Waals surface area contributed by atoms with Crippen molar-refractivity contribution in [3.05, 3.63) is 93.2 Å². The van der Waals surface area contributed by atoms with Gasteiger partial charge in [0.05, 0.1) is 15.6 Å². The average Bonchev–Trinajstić information content (AvgIpc) is 3.30. The maximum atomic E-state index is 12.9. The van der Waals surface area contributed by atoms with E-state index in [2.05, 4.69) is 10.3 Å². The van der Waals surface area contributed by atoms with Crippen molar-refractivity contribution >= 4 is 55.1 Å². The van der Waals surface area contributed by atoms with E-state index >= 15 is 0 Å². The number of rotatable bonds is 5. The number of nitrogens with one attached hydrogen (secondary N) is 1. The van der Waals surface area contributed by atoms with Crippen molar-refractivity contribution in [2.24, 2.45) is 0 Å². The largest absolute Gasteiger partial charge is 0.379 e. The lowest BCUT2D eigenvalue weighted by Gasteiger charge is -2.08. The van der Waals surface area contributed by atoms with Crippen LogP contribution in [0.3, 0.4) is 0 Å². The molecular formula is C24H17N3O5S2. The number of para-hydroxylation sites is 2. The minimum Gasteiger partial charge on any atom is -0.379 e. The normalized spacial score (nSPS) is 12.3. The first-order valence-corrected chi connectivity index (χ1v) is 12.4. The van der Waals surface area contributed by atoms with Crippen LogP contribution in [0.4, 0.5) is 5.69 Å². The average molecular weight is 492 g/mol. The highest BCUT2D eigenvalue weighted by Gasteiger charge is 2.17. The van der Waals surface area contributed by atoms with Crippen molar-refractivity contribution in [1.82, 2.24) is 9.38 Å². The molecule has 0 spiro atoms. The summed E-state index contributed by atoms with van der Waals surface area (Å²) in [5.41, 5.74) is 2.40. The van der Waals surface area contributed by atoms with Gasteiger partial charge in [-0.15, -0.1) is 0 Å². The van der Waals surface area contributed by atoms with Gasteiger partial charge in [0.2, 0.25) is 5.91 Å². The molecule has 0 aliphatic rings. The molecule has 0 unspecified atom stereocenters. The Hall–Kier alpha value is -4.02. The molecule has 3 aromatic carbocycles. The highest BCUT2D eigenvalue weighted by molar-refractivity contribution is 7.87. The van der Waals surface area contributed by atoms with E-state index in [1.807, 2.05) is 24.3 Å². The number of amides is 1. The lowest BCUT2D eigenvalue weighted by molar-refractivity contribution is -0.114. The highest BCUT2D eigenvalue weighted by Crippen LogP contribution is 2.22. The van der Waals surface area contributed by atoms with Gasteiger partial charge in [0.25, 0.3) is 5.56 Å². The Kier molecular flexibility index (Phi) is 5.39. The van der Waals surface area contributed by atoms with E-state index in [4.69, 9.17) is 4.18 Å². The highest BCUT2D eigenvalue weighted by atomic mass is 32.2. The molecule has 0 saturated heterocycles. The molecule has 0 fully saturated rings. The smallest absolute Gasteiger partial charge is 0.339 e. The van der Waals surface area contributed by atoms with Gasteiger partial charge in [0, 0.05) is 12.6 Å². The maximum absolute atomic E-state index is 12.9. The zero-order valence-electron chi connectivity index (χ0n) is 17.8. The van der Waals surface area contributed by atoms with Crippen molar-refractivity contribution in [3.63, 3.8) is 0 Å². The summed E-state index contributed by atoms with van der Waals surface area (Å²) in [6, 6.07) is 19.6. The molecule has 5 rings (SSSR count). The number of imidazole rings is 1. The molecule has 0 aliphatic heterocycles. The molecular weight excluding hydrogens is 474 g/mol.